The molecular weight excluding hydrogens is 466 g/mol. The molecule has 6 rings (SSSR count). The molecule has 11 nitrogen and oxygen atoms in total. The molecule has 3 aliphatic heterocycles. The zero-order chi connectivity index (χ0) is 24.5. The van der Waals surface area contributed by atoms with Gasteiger partial charge in [0.2, 0.25) is 12.7 Å². The van der Waals surface area contributed by atoms with Crippen molar-refractivity contribution in [1.29, 1.82) is 5.26 Å². The van der Waals surface area contributed by atoms with Crippen LogP contribution in [0.2, 0.25) is 0 Å². The SMILES string of the molecule is N#Cc1cccc(NC(=O)OC2COC3C(Nc4nccc(-c5ccc6c(c5)OCO6)n4)COC23)c1. The van der Waals surface area contributed by atoms with Crippen molar-refractivity contribution in [2.24, 2.45) is 0 Å². The molecule has 1 aromatic heterocycles. The topological polar surface area (TPSA) is 137 Å². The molecule has 182 valence electrons. The highest BCUT2D eigenvalue weighted by molar-refractivity contribution is 5.85. The normalized spacial score (nSPS) is 23.5. The first-order valence-corrected chi connectivity index (χ1v) is 11.4. The molecule has 4 atom stereocenters. The van der Waals surface area contributed by atoms with E-state index in [4.69, 9.17) is 28.9 Å². The summed E-state index contributed by atoms with van der Waals surface area (Å²) < 4.78 is 28.2. The lowest BCUT2D eigenvalue weighted by molar-refractivity contribution is 0.00917. The van der Waals surface area contributed by atoms with Crippen LogP contribution in [0.25, 0.3) is 11.3 Å². The van der Waals surface area contributed by atoms with Crippen molar-refractivity contribution in [1.82, 2.24) is 9.97 Å². The molecule has 0 radical (unpaired) electrons. The predicted octanol–water partition coefficient (Wildman–Crippen LogP) is 2.94. The highest BCUT2D eigenvalue weighted by Gasteiger charge is 2.49. The smallest absolute Gasteiger partial charge is 0.412 e. The second-order valence-corrected chi connectivity index (χ2v) is 8.44. The maximum atomic E-state index is 12.4. The van der Waals surface area contributed by atoms with Crippen molar-refractivity contribution in [3.8, 4) is 28.8 Å². The summed E-state index contributed by atoms with van der Waals surface area (Å²) in [5, 5.41) is 14.9. The van der Waals surface area contributed by atoms with E-state index in [-0.39, 0.29) is 25.5 Å². The predicted molar refractivity (Wildman–Crippen MR) is 126 cm³/mol. The van der Waals surface area contributed by atoms with E-state index in [0.717, 1.165) is 11.3 Å². The second-order valence-electron chi connectivity index (χ2n) is 8.44. The van der Waals surface area contributed by atoms with Crippen LogP contribution in [-0.2, 0) is 14.2 Å². The Balaban J connectivity index is 1.08. The minimum absolute atomic E-state index is 0.206. The van der Waals surface area contributed by atoms with Crippen LogP contribution in [-0.4, -0.2) is 60.4 Å². The van der Waals surface area contributed by atoms with Crippen molar-refractivity contribution >= 4 is 17.7 Å². The Kier molecular flexibility index (Phi) is 5.73. The van der Waals surface area contributed by atoms with Crippen LogP contribution in [0.3, 0.4) is 0 Å². The van der Waals surface area contributed by atoms with Crippen molar-refractivity contribution in [2.75, 3.05) is 30.6 Å². The Bertz CT molecular complexity index is 1340. The van der Waals surface area contributed by atoms with Gasteiger partial charge in [-0.2, -0.15) is 5.26 Å². The van der Waals surface area contributed by atoms with E-state index in [1.54, 1.807) is 30.5 Å². The lowest BCUT2D eigenvalue weighted by Crippen LogP contribution is -2.38. The lowest BCUT2D eigenvalue weighted by atomic mass is 10.1. The summed E-state index contributed by atoms with van der Waals surface area (Å²) in [5.74, 6) is 1.82. The molecule has 4 heterocycles. The molecule has 0 aliphatic carbocycles. The molecule has 4 unspecified atom stereocenters. The number of nitrogens with one attached hydrogen (secondary N) is 2. The van der Waals surface area contributed by atoms with Gasteiger partial charge in [0, 0.05) is 17.4 Å². The van der Waals surface area contributed by atoms with Crippen LogP contribution < -0.4 is 20.1 Å². The largest absolute Gasteiger partial charge is 0.454 e. The highest BCUT2D eigenvalue weighted by Crippen LogP contribution is 2.36. The number of rotatable bonds is 5. The van der Waals surface area contributed by atoms with Crippen LogP contribution in [0.15, 0.2) is 54.7 Å². The van der Waals surface area contributed by atoms with Crippen molar-refractivity contribution in [3.05, 3.63) is 60.3 Å². The summed E-state index contributed by atoms with van der Waals surface area (Å²) in [6.07, 6.45) is -0.283. The van der Waals surface area contributed by atoms with Crippen LogP contribution in [0, 0.1) is 11.3 Å². The minimum Gasteiger partial charge on any atom is -0.454 e. The number of anilines is 2. The Hall–Kier alpha value is -4.40. The van der Waals surface area contributed by atoms with E-state index < -0.39 is 18.3 Å². The van der Waals surface area contributed by atoms with Gasteiger partial charge in [0.25, 0.3) is 0 Å². The number of carbonyl (C=O) groups is 1. The average molecular weight is 487 g/mol. The second kappa shape index (κ2) is 9.33. The van der Waals surface area contributed by atoms with Gasteiger partial charge in [-0.15, -0.1) is 0 Å². The van der Waals surface area contributed by atoms with E-state index in [2.05, 4.69) is 20.6 Å². The number of benzene rings is 2. The molecule has 2 aromatic carbocycles. The Morgan fingerprint density at radius 2 is 1.94 bits per heavy atom. The quantitative estimate of drug-likeness (QED) is 0.553. The summed E-state index contributed by atoms with van der Waals surface area (Å²) in [6, 6.07) is 15.9. The zero-order valence-electron chi connectivity index (χ0n) is 18.9. The highest BCUT2D eigenvalue weighted by atomic mass is 16.7. The Morgan fingerprint density at radius 1 is 1.06 bits per heavy atom. The van der Waals surface area contributed by atoms with Gasteiger partial charge < -0.3 is 29.0 Å². The molecule has 2 fully saturated rings. The summed E-state index contributed by atoms with van der Waals surface area (Å²) in [6.45, 7) is 0.760. The van der Waals surface area contributed by atoms with Gasteiger partial charge in [0.05, 0.1) is 36.6 Å². The Morgan fingerprint density at radius 3 is 2.86 bits per heavy atom. The molecule has 2 saturated heterocycles. The molecule has 11 heteroatoms. The fraction of sp³-hybridized carbons (Fsp3) is 0.280. The van der Waals surface area contributed by atoms with E-state index in [1.807, 2.05) is 30.3 Å². The number of aromatic nitrogens is 2. The Labute approximate surface area is 205 Å². The van der Waals surface area contributed by atoms with Gasteiger partial charge in [0.1, 0.15) is 12.2 Å². The van der Waals surface area contributed by atoms with Crippen LogP contribution in [0.5, 0.6) is 11.5 Å². The number of carbonyl (C=O) groups excluding carboxylic acids is 1. The zero-order valence-corrected chi connectivity index (χ0v) is 18.9. The first-order chi connectivity index (χ1) is 17.7. The minimum atomic E-state index is -0.640. The molecule has 0 spiro atoms. The summed E-state index contributed by atoms with van der Waals surface area (Å²) in [7, 11) is 0. The summed E-state index contributed by atoms with van der Waals surface area (Å²) in [5.41, 5.74) is 2.52. The standard InChI is InChI=1S/C25H21N5O6/c26-10-14-2-1-3-16(8-14)28-25(31)36-21-12-33-22-18(11-32-23(21)22)30-24-27-7-6-17(29-24)15-4-5-19-20(9-15)35-13-34-19/h1-9,18,21-23H,11-13H2,(H,28,31)(H,27,29,30). The summed E-state index contributed by atoms with van der Waals surface area (Å²) in [4.78, 5) is 21.4. The monoisotopic (exact) mass is 487 g/mol. The number of nitrogens with zero attached hydrogens (tertiary/aromatic N) is 3. The number of ether oxygens (including phenoxy) is 5. The first kappa shape index (κ1) is 22.1. The van der Waals surface area contributed by atoms with Crippen LogP contribution in [0.4, 0.5) is 16.4 Å². The lowest BCUT2D eigenvalue weighted by Gasteiger charge is -2.18. The van der Waals surface area contributed by atoms with Gasteiger partial charge in [0.15, 0.2) is 17.6 Å². The van der Waals surface area contributed by atoms with E-state index in [0.29, 0.717) is 35.3 Å². The fourth-order valence-electron chi connectivity index (χ4n) is 4.45. The number of hydrogen-bond acceptors (Lipinski definition) is 10. The molecule has 2 N–H and O–H groups in total. The number of amides is 1. The van der Waals surface area contributed by atoms with E-state index >= 15 is 0 Å². The van der Waals surface area contributed by atoms with Gasteiger partial charge in [-0.1, -0.05) is 6.07 Å². The molecule has 3 aliphatic rings. The van der Waals surface area contributed by atoms with E-state index in [1.165, 1.54) is 0 Å². The third-order valence-electron chi connectivity index (χ3n) is 6.14. The maximum absolute atomic E-state index is 12.4. The molecule has 0 saturated carbocycles. The van der Waals surface area contributed by atoms with Crippen molar-refractivity contribution in [3.63, 3.8) is 0 Å². The maximum Gasteiger partial charge on any atom is 0.412 e. The van der Waals surface area contributed by atoms with Crippen molar-refractivity contribution < 1.29 is 28.5 Å². The van der Waals surface area contributed by atoms with Gasteiger partial charge in [-0.3, -0.25) is 5.32 Å². The fourth-order valence-corrected chi connectivity index (χ4v) is 4.45. The molecular formula is C25H21N5O6. The van der Waals surface area contributed by atoms with Gasteiger partial charge >= 0.3 is 6.09 Å². The molecule has 0 bridgehead atoms. The van der Waals surface area contributed by atoms with Gasteiger partial charge in [-0.05, 0) is 42.5 Å². The number of fused-ring (bicyclic) bond motifs is 2. The van der Waals surface area contributed by atoms with Crippen LogP contribution in [0.1, 0.15) is 5.56 Å². The first-order valence-electron chi connectivity index (χ1n) is 11.4. The third-order valence-corrected chi connectivity index (χ3v) is 6.14. The molecule has 36 heavy (non-hydrogen) atoms. The molecule has 1 amide bonds. The number of nitriles is 1. The summed E-state index contributed by atoms with van der Waals surface area (Å²) >= 11 is 0. The van der Waals surface area contributed by atoms with Crippen molar-refractivity contribution in [2.45, 2.75) is 24.4 Å². The molecule has 3 aromatic rings. The van der Waals surface area contributed by atoms with E-state index in [9.17, 15) is 4.79 Å². The number of hydrogen-bond donors (Lipinski definition) is 2. The average Bonchev–Trinajstić information content (AvgIpc) is 3.62. The van der Waals surface area contributed by atoms with Crippen LogP contribution >= 0.6 is 0 Å². The van der Waals surface area contributed by atoms with Gasteiger partial charge in [-0.25, -0.2) is 14.8 Å². The third kappa shape index (κ3) is 4.35.